The minimum absolute atomic E-state index is 0.0518. The molecule has 0 heterocycles. The number of carbonyl (C=O) groups is 1. The van der Waals surface area contributed by atoms with Gasteiger partial charge in [-0.25, -0.2) is 0 Å². The van der Waals surface area contributed by atoms with Crippen LogP contribution >= 0.6 is 27.5 Å². The van der Waals surface area contributed by atoms with Crippen LogP contribution in [-0.4, -0.2) is 25.7 Å². The summed E-state index contributed by atoms with van der Waals surface area (Å²) in [6.45, 7) is 9.07. The fraction of sp³-hybridized carbons (Fsp3) is 0.381. The maximum atomic E-state index is 11.9. The summed E-state index contributed by atoms with van der Waals surface area (Å²) in [5.41, 5.74) is 2.25. The van der Waals surface area contributed by atoms with Gasteiger partial charge in [-0.2, -0.15) is 0 Å². The molecule has 0 aliphatic carbocycles. The molecule has 0 aromatic heterocycles. The molecule has 4 nitrogen and oxygen atoms in total. The Labute approximate surface area is 174 Å². The van der Waals surface area contributed by atoms with Crippen LogP contribution in [0.25, 0.3) is 0 Å². The second-order valence-corrected chi connectivity index (χ2v) is 8.55. The molecule has 27 heavy (non-hydrogen) atoms. The van der Waals surface area contributed by atoms with Gasteiger partial charge in [0.25, 0.3) is 5.91 Å². The lowest BCUT2D eigenvalue weighted by molar-refractivity contribution is -0.123. The molecule has 1 N–H and O–H groups in total. The van der Waals surface area contributed by atoms with Gasteiger partial charge < -0.3 is 14.8 Å². The van der Waals surface area contributed by atoms with Gasteiger partial charge in [0.05, 0.1) is 11.0 Å². The van der Waals surface area contributed by atoms with E-state index in [9.17, 15) is 4.79 Å². The number of amides is 1. The van der Waals surface area contributed by atoms with Gasteiger partial charge in [-0.3, -0.25) is 4.79 Å². The van der Waals surface area contributed by atoms with Crippen LogP contribution in [0.5, 0.6) is 11.5 Å². The number of ether oxygens (including phenoxy) is 2. The van der Waals surface area contributed by atoms with Gasteiger partial charge in [-0.1, -0.05) is 44.5 Å². The highest BCUT2D eigenvalue weighted by molar-refractivity contribution is 9.10. The van der Waals surface area contributed by atoms with Crippen molar-refractivity contribution in [3.63, 3.8) is 0 Å². The first-order valence-electron chi connectivity index (χ1n) is 8.75. The third-order valence-corrected chi connectivity index (χ3v) is 5.02. The van der Waals surface area contributed by atoms with Crippen molar-refractivity contribution >= 4 is 33.4 Å². The Bertz CT molecular complexity index is 802. The summed E-state index contributed by atoms with van der Waals surface area (Å²) in [5, 5.41) is 3.43. The fourth-order valence-electron chi connectivity index (χ4n) is 2.30. The molecule has 0 saturated carbocycles. The van der Waals surface area contributed by atoms with Crippen LogP contribution in [-0.2, 0) is 10.2 Å². The molecule has 0 aliphatic rings. The van der Waals surface area contributed by atoms with Crippen LogP contribution in [0.4, 0.5) is 0 Å². The average molecular weight is 455 g/mol. The number of hydrogen-bond acceptors (Lipinski definition) is 3. The van der Waals surface area contributed by atoms with Crippen LogP contribution < -0.4 is 14.8 Å². The van der Waals surface area contributed by atoms with Crippen molar-refractivity contribution in [2.24, 2.45) is 0 Å². The van der Waals surface area contributed by atoms with E-state index in [1.54, 1.807) is 6.07 Å². The van der Waals surface area contributed by atoms with E-state index < -0.39 is 0 Å². The van der Waals surface area contributed by atoms with Crippen LogP contribution in [0.1, 0.15) is 31.9 Å². The van der Waals surface area contributed by atoms with E-state index in [0.29, 0.717) is 29.7 Å². The largest absolute Gasteiger partial charge is 0.492 e. The highest BCUT2D eigenvalue weighted by Crippen LogP contribution is 2.31. The zero-order valence-corrected chi connectivity index (χ0v) is 18.4. The Kier molecular flexibility index (Phi) is 7.57. The highest BCUT2D eigenvalue weighted by Gasteiger charge is 2.15. The summed E-state index contributed by atoms with van der Waals surface area (Å²) in [6, 6.07) is 11.4. The summed E-state index contributed by atoms with van der Waals surface area (Å²) < 4.78 is 12.0. The molecule has 0 unspecified atom stereocenters. The van der Waals surface area contributed by atoms with Crippen LogP contribution in [0.2, 0.25) is 5.02 Å². The number of aryl methyl sites for hydroxylation is 1. The standard InChI is InChI=1S/C21H25BrClNO3/c1-14-5-7-16(12-18(14)23)26-10-9-24-20(25)13-27-19-8-6-15(11-17(19)22)21(2,3)4/h5-8,11-12H,9-10,13H2,1-4H3,(H,24,25). The Morgan fingerprint density at radius 3 is 2.52 bits per heavy atom. The van der Waals surface area contributed by atoms with E-state index in [0.717, 1.165) is 10.0 Å². The van der Waals surface area contributed by atoms with Crippen molar-refractivity contribution in [2.75, 3.05) is 19.8 Å². The van der Waals surface area contributed by atoms with Crippen molar-refractivity contribution in [2.45, 2.75) is 33.1 Å². The number of nitrogens with one attached hydrogen (secondary N) is 1. The lowest BCUT2D eigenvalue weighted by Gasteiger charge is -2.20. The predicted molar refractivity (Wildman–Crippen MR) is 113 cm³/mol. The molecule has 0 radical (unpaired) electrons. The first-order chi connectivity index (χ1) is 12.7. The summed E-state index contributed by atoms with van der Waals surface area (Å²) in [5.74, 6) is 1.12. The fourth-order valence-corrected chi connectivity index (χ4v) is 2.97. The van der Waals surface area contributed by atoms with Crippen molar-refractivity contribution in [1.29, 1.82) is 0 Å². The van der Waals surface area contributed by atoms with E-state index in [1.165, 1.54) is 5.56 Å². The van der Waals surface area contributed by atoms with E-state index in [4.69, 9.17) is 21.1 Å². The lowest BCUT2D eigenvalue weighted by Crippen LogP contribution is -2.32. The zero-order chi connectivity index (χ0) is 20.0. The van der Waals surface area contributed by atoms with Gasteiger partial charge in [0, 0.05) is 5.02 Å². The molecule has 2 aromatic rings. The van der Waals surface area contributed by atoms with Crippen molar-refractivity contribution in [3.8, 4) is 11.5 Å². The normalized spacial score (nSPS) is 11.2. The van der Waals surface area contributed by atoms with Crippen molar-refractivity contribution in [3.05, 3.63) is 57.0 Å². The summed E-state index contributed by atoms with van der Waals surface area (Å²) in [4.78, 5) is 11.9. The third kappa shape index (κ3) is 6.74. The van der Waals surface area contributed by atoms with Gasteiger partial charge in [-0.05, 0) is 63.7 Å². The van der Waals surface area contributed by atoms with E-state index in [2.05, 4.69) is 42.0 Å². The molecule has 0 atom stereocenters. The monoisotopic (exact) mass is 453 g/mol. The van der Waals surface area contributed by atoms with Crippen molar-refractivity contribution in [1.82, 2.24) is 5.32 Å². The van der Waals surface area contributed by atoms with Crippen LogP contribution in [0.3, 0.4) is 0 Å². The topological polar surface area (TPSA) is 47.6 Å². The molecule has 0 saturated heterocycles. The van der Waals surface area contributed by atoms with Crippen LogP contribution in [0.15, 0.2) is 40.9 Å². The highest BCUT2D eigenvalue weighted by atomic mass is 79.9. The number of hydrogen-bond donors (Lipinski definition) is 1. The molecule has 2 rings (SSSR count). The molecule has 6 heteroatoms. The van der Waals surface area contributed by atoms with Gasteiger partial charge >= 0.3 is 0 Å². The maximum absolute atomic E-state index is 11.9. The number of halogens is 2. The SMILES string of the molecule is Cc1ccc(OCCNC(=O)COc2ccc(C(C)(C)C)cc2Br)cc1Cl. The Balaban J connectivity index is 1.74. The quantitative estimate of drug-likeness (QED) is 0.579. The second kappa shape index (κ2) is 9.47. The Morgan fingerprint density at radius 2 is 1.89 bits per heavy atom. The van der Waals surface area contributed by atoms with Gasteiger partial charge in [0.15, 0.2) is 6.61 Å². The van der Waals surface area contributed by atoms with Gasteiger partial charge in [-0.15, -0.1) is 0 Å². The maximum Gasteiger partial charge on any atom is 0.258 e. The first kappa shape index (κ1) is 21.6. The molecular formula is C21H25BrClNO3. The zero-order valence-electron chi connectivity index (χ0n) is 16.1. The number of rotatable bonds is 7. The lowest BCUT2D eigenvalue weighted by atomic mass is 9.87. The van der Waals surface area contributed by atoms with Crippen molar-refractivity contribution < 1.29 is 14.3 Å². The summed E-state index contributed by atoms with van der Waals surface area (Å²) >= 11 is 9.56. The molecule has 0 aliphatic heterocycles. The number of benzene rings is 2. The molecule has 2 aromatic carbocycles. The predicted octanol–water partition coefficient (Wildman–Crippen LogP) is 5.28. The first-order valence-corrected chi connectivity index (χ1v) is 9.92. The average Bonchev–Trinajstić information content (AvgIpc) is 2.59. The summed E-state index contributed by atoms with van der Waals surface area (Å²) in [6.07, 6.45) is 0. The Hall–Kier alpha value is -1.72. The third-order valence-electron chi connectivity index (χ3n) is 3.99. The van der Waals surface area contributed by atoms with E-state index >= 15 is 0 Å². The van der Waals surface area contributed by atoms with Crippen LogP contribution in [0, 0.1) is 6.92 Å². The molecule has 0 spiro atoms. The minimum atomic E-state index is -0.202. The molecule has 1 amide bonds. The van der Waals surface area contributed by atoms with Gasteiger partial charge in [0.2, 0.25) is 0 Å². The number of carbonyl (C=O) groups excluding carboxylic acids is 1. The van der Waals surface area contributed by atoms with E-state index in [-0.39, 0.29) is 17.9 Å². The minimum Gasteiger partial charge on any atom is -0.492 e. The Morgan fingerprint density at radius 1 is 1.15 bits per heavy atom. The molecule has 0 fully saturated rings. The van der Waals surface area contributed by atoms with E-state index in [1.807, 2.05) is 37.3 Å². The molecule has 0 bridgehead atoms. The van der Waals surface area contributed by atoms with Gasteiger partial charge in [0.1, 0.15) is 18.1 Å². The summed E-state index contributed by atoms with van der Waals surface area (Å²) in [7, 11) is 0. The molecule has 146 valence electrons. The molecular weight excluding hydrogens is 430 g/mol. The second-order valence-electron chi connectivity index (χ2n) is 7.29. The smallest absolute Gasteiger partial charge is 0.258 e.